The topological polar surface area (TPSA) is 50.5 Å². The molecule has 1 N–H and O–H groups in total. The number of rotatable bonds is 6. The Morgan fingerprint density at radius 2 is 1.84 bits per heavy atom. The van der Waals surface area contributed by atoms with Crippen molar-refractivity contribution in [1.82, 2.24) is 14.7 Å². The minimum Gasteiger partial charge on any atom is -0.491 e. The average molecular weight is 414 g/mol. The van der Waals surface area contributed by atoms with E-state index in [1.54, 1.807) is 0 Å². The number of aliphatic hydroxyl groups is 1. The average Bonchev–Trinajstić information content (AvgIpc) is 3.18. The molecule has 2 heterocycles. The SMILES string of the molecule is Cn1ncc2cc(-c3cccc(OCC(O)CN4CCc5ccccc5C4)c3)ccc21. The summed E-state index contributed by atoms with van der Waals surface area (Å²) in [5.41, 5.74) is 6.11. The third-order valence-corrected chi connectivity index (χ3v) is 6.03. The van der Waals surface area contributed by atoms with Gasteiger partial charge in [0, 0.05) is 32.1 Å². The van der Waals surface area contributed by atoms with Crippen molar-refractivity contribution in [3.05, 3.63) is 84.1 Å². The molecule has 0 saturated heterocycles. The van der Waals surface area contributed by atoms with E-state index in [-0.39, 0.29) is 6.61 Å². The Balaban J connectivity index is 1.21. The van der Waals surface area contributed by atoms with Gasteiger partial charge in [0.15, 0.2) is 0 Å². The van der Waals surface area contributed by atoms with E-state index in [0.29, 0.717) is 6.54 Å². The quantitative estimate of drug-likeness (QED) is 0.518. The fourth-order valence-electron chi connectivity index (χ4n) is 4.36. The van der Waals surface area contributed by atoms with Crippen LogP contribution in [-0.4, -0.2) is 45.6 Å². The van der Waals surface area contributed by atoms with Crippen molar-refractivity contribution in [3.8, 4) is 16.9 Å². The second-order valence-corrected chi connectivity index (χ2v) is 8.29. The van der Waals surface area contributed by atoms with Crippen LogP contribution in [0, 0.1) is 0 Å². The molecule has 4 aromatic rings. The molecule has 1 aliphatic heterocycles. The third kappa shape index (κ3) is 4.33. The first kappa shape index (κ1) is 19.8. The maximum atomic E-state index is 10.5. The Kier molecular flexibility index (Phi) is 5.45. The fraction of sp³-hybridized carbons (Fsp3) is 0.269. The first-order valence-corrected chi connectivity index (χ1v) is 10.8. The summed E-state index contributed by atoms with van der Waals surface area (Å²) in [4.78, 5) is 2.30. The first-order valence-electron chi connectivity index (χ1n) is 10.8. The zero-order valence-corrected chi connectivity index (χ0v) is 17.7. The van der Waals surface area contributed by atoms with Gasteiger partial charge in [0.1, 0.15) is 18.5 Å². The van der Waals surface area contributed by atoms with Gasteiger partial charge >= 0.3 is 0 Å². The van der Waals surface area contributed by atoms with Gasteiger partial charge in [0.2, 0.25) is 0 Å². The van der Waals surface area contributed by atoms with Crippen molar-refractivity contribution in [2.45, 2.75) is 19.1 Å². The van der Waals surface area contributed by atoms with Crippen LogP contribution in [0.3, 0.4) is 0 Å². The summed E-state index contributed by atoms with van der Waals surface area (Å²) in [7, 11) is 1.95. The Morgan fingerprint density at radius 3 is 2.74 bits per heavy atom. The van der Waals surface area contributed by atoms with Gasteiger partial charge in [0.05, 0.1) is 11.7 Å². The van der Waals surface area contributed by atoms with E-state index in [1.807, 2.05) is 36.1 Å². The summed E-state index contributed by atoms with van der Waals surface area (Å²) >= 11 is 0. The molecule has 0 radical (unpaired) electrons. The Labute approximate surface area is 182 Å². The van der Waals surface area contributed by atoms with Crippen LogP contribution in [0.2, 0.25) is 0 Å². The Bertz CT molecular complexity index is 1200. The maximum absolute atomic E-state index is 10.5. The normalized spacial score (nSPS) is 15.0. The molecule has 1 aromatic heterocycles. The smallest absolute Gasteiger partial charge is 0.120 e. The molecular weight excluding hydrogens is 386 g/mol. The van der Waals surface area contributed by atoms with Crippen molar-refractivity contribution < 1.29 is 9.84 Å². The predicted molar refractivity (Wildman–Crippen MR) is 123 cm³/mol. The number of aryl methyl sites for hydroxylation is 1. The van der Waals surface area contributed by atoms with Crippen LogP contribution in [0.15, 0.2) is 72.9 Å². The predicted octanol–water partition coefficient (Wildman–Crippen LogP) is 4.04. The van der Waals surface area contributed by atoms with Gasteiger partial charge < -0.3 is 9.84 Å². The van der Waals surface area contributed by atoms with Crippen molar-refractivity contribution in [2.24, 2.45) is 7.05 Å². The van der Waals surface area contributed by atoms with Crippen LogP contribution in [-0.2, 0) is 20.0 Å². The molecule has 5 rings (SSSR count). The zero-order chi connectivity index (χ0) is 21.2. The van der Waals surface area contributed by atoms with Gasteiger partial charge in [-0.05, 0) is 52.9 Å². The largest absolute Gasteiger partial charge is 0.491 e. The summed E-state index contributed by atoms with van der Waals surface area (Å²) in [5, 5.41) is 16.0. The van der Waals surface area contributed by atoms with Gasteiger partial charge in [-0.2, -0.15) is 5.10 Å². The number of fused-ring (bicyclic) bond motifs is 2. The summed E-state index contributed by atoms with van der Waals surface area (Å²) in [6, 6.07) is 22.9. The minimum atomic E-state index is -0.527. The number of ether oxygens (including phenoxy) is 1. The molecule has 0 spiro atoms. The maximum Gasteiger partial charge on any atom is 0.120 e. The molecule has 0 amide bonds. The van der Waals surface area contributed by atoms with Crippen LogP contribution >= 0.6 is 0 Å². The van der Waals surface area contributed by atoms with Crippen LogP contribution < -0.4 is 4.74 Å². The van der Waals surface area contributed by atoms with E-state index in [4.69, 9.17) is 4.74 Å². The number of hydrogen-bond donors (Lipinski definition) is 1. The molecule has 3 aromatic carbocycles. The highest BCUT2D eigenvalue weighted by atomic mass is 16.5. The van der Waals surface area contributed by atoms with E-state index in [9.17, 15) is 5.11 Å². The monoisotopic (exact) mass is 413 g/mol. The molecule has 0 bridgehead atoms. The lowest BCUT2D eigenvalue weighted by molar-refractivity contribution is 0.0638. The van der Waals surface area contributed by atoms with E-state index in [2.05, 4.69) is 58.5 Å². The molecule has 1 aliphatic rings. The molecule has 5 nitrogen and oxygen atoms in total. The summed E-state index contributed by atoms with van der Waals surface area (Å²) in [5.74, 6) is 0.770. The highest BCUT2D eigenvalue weighted by Crippen LogP contribution is 2.27. The lowest BCUT2D eigenvalue weighted by Crippen LogP contribution is -2.38. The molecule has 31 heavy (non-hydrogen) atoms. The molecular formula is C26H27N3O2. The second-order valence-electron chi connectivity index (χ2n) is 8.29. The van der Waals surface area contributed by atoms with Crippen LogP contribution in [0.1, 0.15) is 11.1 Å². The van der Waals surface area contributed by atoms with Crippen molar-refractivity contribution in [3.63, 3.8) is 0 Å². The van der Waals surface area contributed by atoms with Gasteiger partial charge in [-0.15, -0.1) is 0 Å². The van der Waals surface area contributed by atoms with Gasteiger partial charge in [0.25, 0.3) is 0 Å². The highest BCUT2D eigenvalue weighted by molar-refractivity contribution is 5.84. The van der Waals surface area contributed by atoms with E-state index < -0.39 is 6.10 Å². The molecule has 0 saturated carbocycles. The van der Waals surface area contributed by atoms with E-state index >= 15 is 0 Å². The second kappa shape index (κ2) is 8.53. The van der Waals surface area contributed by atoms with Crippen molar-refractivity contribution >= 4 is 10.9 Å². The summed E-state index contributed by atoms with van der Waals surface area (Å²) in [6.45, 7) is 2.76. The zero-order valence-electron chi connectivity index (χ0n) is 17.7. The van der Waals surface area contributed by atoms with Crippen LogP contribution in [0.5, 0.6) is 5.75 Å². The standard InChI is InChI=1S/C26H27N3O2/c1-28-26-10-9-21(13-23(26)15-27-28)20-7-4-8-25(14-20)31-18-24(30)17-29-12-11-19-5-2-3-6-22(19)16-29/h2-10,13-15,24,30H,11-12,16-18H2,1H3. The van der Waals surface area contributed by atoms with Gasteiger partial charge in [-0.1, -0.05) is 42.5 Å². The van der Waals surface area contributed by atoms with Gasteiger partial charge in [-0.3, -0.25) is 9.58 Å². The lowest BCUT2D eigenvalue weighted by atomic mass is 10.00. The van der Waals surface area contributed by atoms with Crippen LogP contribution in [0.25, 0.3) is 22.0 Å². The lowest BCUT2D eigenvalue weighted by Gasteiger charge is -2.30. The minimum absolute atomic E-state index is 0.281. The Hall–Kier alpha value is -3.15. The number of aromatic nitrogens is 2. The molecule has 1 unspecified atom stereocenters. The number of aliphatic hydroxyl groups excluding tert-OH is 1. The van der Waals surface area contributed by atoms with Crippen LogP contribution in [0.4, 0.5) is 0 Å². The van der Waals surface area contributed by atoms with Gasteiger partial charge in [-0.25, -0.2) is 0 Å². The molecule has 0 fully saturated rings. The number of hydrogen-bond acceptors (Lipinski definition) is 4. The number of β-amino-alcohol motifs (C(OH)–C–C–N with tert-alkyl or cyclic N) is 1. The number of benzene rings is 3. The van der Waals surface area contributed by atoms with E-state index in [0.717, 1.165) is 47.3 Å². The van der Waals surface area contributed by atoms with E-state index in [1.165, 1.54) is 11.1 Å². The first-order chi connectivity index (χ1) is 15.2. The number of nitrogens with zero attached hydrogens (tertiary/aromatic N) is 3. The summed E-state index contributed by atoms with van der Waals surface area (Å²) in [6.07, 6.45) is 2.39. The highest BCUT2D eigenvalue weighted by Gasteiger charge is 2.18. The van der Waals surface area contributed by atoms with Crippen molar-refractivity contribution in [2.75, 3.05) is 19.7 Å². The molecule has 0 aliphatic carbocycles. The summed E-state index contributed by atoms with van der Waals surface area (Å²) < 4.78 is 7.82. The third-order valence-electron chi connectivity index (χ3n) is 6.03. The fourth-order valence-corrected chi connectivity index (χ4v) is 4.36. The molecule has 5 heteroatoms. The Morgan fingerprint density at radius 1 is 1.00 bits per heavy atom. The van der Waals surface area contributed by atoms with Crippen molar-refractivity contribution in [1.29, 1.82) is 0 Å². The molecule has 1 atom stereocenters. The molecule has 158 valence electrons.